The fraction of sp³-hybridized carbons (Fsp3) is 0.533. The van der Waals surface area contributed by atoms with E-state index in [9.17, 15) is 4.79 Å². The van der Waals surface area contributed by atoms with Crippen LogP contribution in [-0.4, -0.2) is 51.5 Å². The van der Waals surface area contributed by atoms with E-state index in [2.05, 4.69) is 37.8 Å². The molecule has 23 heavy (non-hydrogen) atoms. The standard InChI is InChI=1S/C15H23N7O/c1-10-8-11(10)12-9-14(19-18-12)17-15(23)16-13-4-5-22(20-13)7-6-21(2)3/h4-5,9-11H,6-8H2,1-3H3,(H3,16,17,18,19,20,23)/t10-,11+/m0/s1. The Morgan fingerprint density at radius 1 is 1.43 bits per heavy atom. The highest BCUT2D eigenvalue weighted by molar-refractivity contribution is 5.98. The molecule has 3 rings (SSSR count). The van der Waals surface area contributed by atoms with Crippen LogP contribution in [0.2, 0.25) is 0 Å². The Labute approximate surface area is 135 Å². The molecule has 0 aromatic carbocycles. The normalized spacial score (nSPS) is 19.8. The molecule has 1 aliphatic carbocycles. The van der Waals surface area contributed by atoms with Gasteiger partial charge in [-0.2, -0.15) is 10.2 Å². The predicted octanol–water partition coefficient (Wildman–Crippen LogP) is 1.94. The fourth-order valence-corrected chi connectivity index (χ4v) is 2.47. The molecule has 2 heterocycles. The molecule has 2 atom stereocenters. The average Bonchev–Trinajstić information content (AvgIpc) is 2.90. The van der Waals surface area contributed by atoms with Crippen LogP contribution in [0.1, 0.15) is 25.0 Å². The van der Waals surface area contributed by atoms with Gasteiger partial charge in [0.1, 0.15) is 0 Å². The Bertz CT molecular complexity index is 675. The van der Waals surface area contributed by atoms with E-state index >= 15 is 0 Å². The lowest BCUT2D eigenvalue weighted by molar-refractivity contribution is 0.262. The zero-order valence-corrected chi connectivity index (χ0v) is 13.7. The highest BCUT2D eigenvalue weighted by atomic mass is 16.2. The molecule has 1 aliphatic rings. The van der Waals surface area contributed by atoms with Gasteiger partial charge in [0.15, 0.2) is 11.6 Å². The molecule has 2 aromatic heterocycles. The van der Waals surface area contributed by atoms with E-state index in [1.54, 1.807) is 10.7 Å². The number of amides is 2. The summed E-state index contributed by atoms with van der Waals surface area (Å²) >= 11 is 0. The maximum absolute atomic E-state index is 12.0. The van der Waals surface area contributed by atoms with E-state index in [-0.39, 0.29) is 6.03 Å². The van der Waals surface area contributed by atoms with Gasteiger partial charge in [-0.1, -0.05) is 6.92 Å². The Morgan fingerprint density at radius 3 is 2.87 bits per heavy atom. The summed E-state index contributed by atoms with van der Waals surface area (Å²) in [6.45, 7) is 3.87. The van der Waals surface area contributed by atoms with E-state index < -0.39 is 0 Å². The van der Waals surface area contributed by atoms with Crippen molar-refractivity contribution in [3.8, 4) is 0 Å². The van der Waals surface area contributed by atoms with Crippen molar-refractivity contribution in [3.63, 3.8) is 0 Å². The highest BCUT2D eigenvalue weighted by Gasteiger charge is 2.35. The molecule has 8 heteroatoms. The summed E-state index contributed by atoms with van der Waals surface area (Å²) in [5.74, 6) is 2.30. The molecule has 0 unspecified atom stereocenters. The number of nitrogens with one attached hydrogen (secondary N) is 3. The van der Waals surface area contributed by atoms with Crippen molar-refractivity contribution in [2.75, 3.05) is 31.3 Å². The minimum Gasteiger partial charge on any atom is -0.308 e. The molecule has 0 saturated heterocycles. The van der Waals surface area contributed by atoms with Gasteiger partial charge >= 0.3 is 6.03 Å². The Kier molecular flexibility index (Phi) is 4.33. The first-order valence-corrected chi connectivity index (χ1v) is 7.83. The first-order valence-electron chi connectivity index (χ1n) is 7.83. The average molecular weight is 317 g/mol. The molecule has 0 aliphatic heterocycles. The third-order valence-electron chi connectivity index (χ3n) is 4.01. The molecule has 3 N–H and O–H groups in total. The van der Waals surface area contributed by atoms with Crippen LogP contribution in [0.25, 0.3) is 0 Å². The number of anilines is 2. The zero-order valence-electron chi connectivity index (χ0n) is 13.7. The number of carbonyl (C=O) groups excluding carboxylic acids is 1. The first kappa shape index (κ1) is 15.5. The maximum Gasteiger partial charge on any atom is 0.326 e. The Balaban J connectivity index is 1.50. The van der Waals surface area contributed by atoms with Crippen LogP contribution in [0, 0.1) is 5.92 Å². The van der Waals surface area contributed by atoms with Crippen LogP contribution < -0.4 is 10.6 Å². The number of aromatic amines is 1. The Morgan fingerprint density at radius 2 is 2.17 bits per heavy atom. The maximum atomic E-state index is 12.0. The first-order chi connectivity index (χ1) is 11.0. The fourth-order valence-electron chi connectivity index (χ4n) is 2.47. The summed E-state index contributed by atoms with van der Waals surface area (Å²) < 4.78 is 1.80. The van der Waals surface area contributed by atoms with E-state index in [1.807, 2.05) is 26.4 Å². The third kappa shape index (κ3) is 4.10. The topological polar surface area (TPSA) is 90.9 Å². The van der Waals surface area contributed by atoms with Crippen LogP contribution in [0.3, 0.4) is 0 Å². The highest BCUT2D eigenvalue weighted by Crippen LogP contribution is 2.46. The molecule has 1 saturated carbocycles. The number of carbonyl (C=O) groups is 1. The molecule has 1 fully saturated rings. The smallest absolute Gasteiger partial charge is 0.308 e. The second-order valence-corrected chi connectivity index (χ2v) is 6.37. The second kappa shape index (κ2) is 6.41. The molecule has 2 amide bonds. The number of aromatic nitrogens is 4. The number of likely N-dealkylation sites (N-methyl/N-ethyl adjacent to an activating group) is 1. The van der Waals surface area contributed by atoms with Crippen LogP contribution in [0.5, 0.6) is 0 Å². The molecule has 0 spiro atoms. The summed E-state index contributed by atoms with van der Waals surface area (Å²) in [6.07, 6.45) is 3.03. The van der Waals surface area contributed by atoms with Crippen molar-refractivity contribution < 1.29 is 4.79 Å². The molecule has 0 bridgehead atoms. The van der Waals surface area contributed by atoms with Gasteiger partial charge in [-0.3, -0.25) is 20.4 Å². The van der Waals surface area contributed by atoms with E-state index in [0.29, 0.717) is 23.5 Å². The van der Waals surface area contributed by atoms with Crippen molar-refractivity contribution in [2.45, 2.75) is 25.8 Å². The summed E-state index contributed by atoms with van der Waals surface area (Å²) in [4.78, 5) is 14.1. The quantitative estimate of drug-likeness (QED) is 0.759. The summed E-state index contributed by atoms with van der Waals surface area (Å²) in [5, 5.41) is 16.8. The third-order valence-corrected chi connectivity index (χ3v) is 4.01. The molecule has 2 aromatic rings. The van der Waals surface area contributed by atoms with Crippen molar-refractivity contribution in [1.82, 2.24) is 24.9 Å². The minimum absolute atomic E-state index is 0.343. The number of rotatable bonds is 6. The van der Waals surface area contributed by atoms with Crippen molar-refractivity contribution in [2.24, 2.45) is 5.92 Å². The van der Waals surface area contributed by atoms with Gasteiger partial charge in [0.2, 0.25) is 0 Å². The summed E-state index contributed by atoms with van der Waals surface area (Å²) in [7, 11) is 4.02. The number of H-pyrrole nitrogens is 1. The van der Waals surface area contributed by atoms with E-state index in [1.165, 1.54) is 6.42 Å². The SMILES string of the molecule is C[C@H]1C[C@H]1c1cc(NC(=O)Nc2ccn(CCN(C)C)n2)n[nH]1. The van der Waals surface area contributed by atoms with Gasteiger partial charge < -0.3 is 4.90 Å². The van der Waals surface area contributed by atoms with Crippen molar-refractivity contribution >= 4 is 17.7 Å². The van der Waals surface area contributed by atoms with Crippen LogP contribution in [0.4, 0.5) is 16.4 Å². The van der Waals surface area contributed by atoms with Gasteiger partial charge in [0, 0.05) is 36.5 Å². The lowest BCUT2D eigenvalue weighted by Gasteiger charge is -2.08. The molecule has 0 radical (unpaired) electrons. The molecule has 8 nitrogen and oxygen atoms in total. The van der Waals surface area contributed by atoms with Crippen LogP contribution in [0.15, 0.2) is 18.3 Å². The van der Waals surface area contributed by atoms with Gasteiger partial charge in [-0.15, -0.1) is 0 Å². The number of hydrogen-bond donors (Lipinski definition) is 3. The van der Waals surface area contributed by atoms with Crippen molar-refractivity contribution in [1.29, 1.82) is 0 Å². The largest absolute Gasteiger partial charge is 0.326 e. The number of urea groups is 1. The predicted molar refractivity (Wildman–Crippen MR) is 88.5 cm³/mol. The van der Waals surface area contributed by atoms with Gasteiger partial charge in [0.05, 0.1) is 6.54 Å². The van der Waals surface area contributed by atoms with E-state index in [4.69, 9.17) is 0 Å². The van der Waals surface area contributed by atoms with Gasteiger partial charge in [-0.25, -0.2) is 4.79 Å². The molecular weight excluding hydrogens is 294 g/mol. The number of hydrogen-bond acceptors (Lipinski definition) is 4. The van der Waals surface area contributed by atoms with Crippen LogP contribution >= 0.6 is 0 Å². The second-order valence-electron chi connectivity index (χ2n) is 6.37. The number of nitrogens with zero attached hydrogens (tertiary/aromatic N) is 4. The summed E-state index contributed by atoms with van der Waals surface area (Å²) in [6, 6.07) is 3.32. The van der Waals surface area contributed by atoms with Gasteiger partial charge in [0.25, 0.3) is 0 Å². The molecule has 124 valence electrons. The Hall–Kier alpha value is -2.35. The zero-order chi connectivity index (χ0) is 16.4. The lowest BCUT2D eigenvalue weighted by atomic mass is 10.2. The van der Waals surface area contributed by atoms with E-state index in [0.717, 1.165) is 18.8 Å². The lowest BCUT2D eigenvalue weighted by Crippen LogP contribution is -2.21. The van der Waals surface area contributed by atoms with Crippen molar-refractivity contribution in [3.05, 3.63) is 24.0 Å². The summed E-state index contributed by atoms with van der Waals surface area (Å²) in [5.41, 5.74) is 1.08. The monoisotopic (exact) mass is 317 g/mol. The van der Waals surface area contributed by atoms with Crippen LogP contribution in [-0.2, 0) is 6.54 Å². The minimum atomic E-state index is -0.343. The molecular formula is C15H23N7O. The van der Waals surface area contributed by atoms with Gasteiger partial charge in [-0.05, 0) is 26.4 Å².